The van der Waals surface area contributed by atoms with Crippen molar-refractivity contribution in [3.05, 3.63) is 52.2 Å². The molecule has 1 fully saturated rings. The molecule has 7 nitrogen and oxygen atoms in total. The molecule has 0 radical (unpaired) electrons. The molecule has 0 aliphatic carbocycles. The van der Waals surface area contributed by atoms with Gasteiger partial charge in [0.25, 0.3) is 0 Å². The van der Waals surface area contributed by atoms with Gasteiger partial charge < -0.3 is 10.2 Å². The van der Waals surface area contributed by atoms with Gasteiger partial charge in [0.2, 0.25) is 5.91 Å². The smallest absolute Gasteiger partial charge is 0.238 e. The molecule has 32 heavy (non-hydrogen) atoms. The van der Waals surface area contributed by atoms with E-state index in [0.29, 0.717) is 12.5 Å². The summed E-state index contributed by atoms with van der Waals surface area (Å²) >= 11 is 1.63. The third-order valence-corrected chi connectivity index (χ3v) is 6.27. The summed E-state index contributed by atoms with van der Waals surface area (Å²) in [6.45, 7) is 12.0. The van der Waals surface area contributed by atoms with E-state index in [-0.39, 0.29) is 5.91 Å². The predicted molar refractivity (Wildman–Crippen MR) is 130 cm³/mol. The molecule has 4 rings (SSSR count). The van der Waals surface area contributed by atoms with E-state index >= 15 is 0 Å². The van der Waals surface area contributed by atoms with Crippen LogP contribution in [0.3, 0.4) is 0 Å². The highest BCUT2D eigenvalue weighted by atomic mass is 32.1. The number of piperazine rings is 1. The second-order valence-corrected chi connectivity index (χ2v) is 9.59. The number of benzene rings is 1. The zero-order chi connectivity index (χ0) is 22.7. The van der Waals surface area contributed by atoms with Crippen molar-refractivity contribution >= 4 is 28.7 Å². The van der Waals surface area contributed by atoms with Crippen LogP contribution in [0, 0.1) is 13.8 Å². The van der Waals surface area contributed by atoms with Gasteiger partial charge in [-0.1, -0.05) is 26.0 Å². The molecule has 3 aromatic rings. The first-order valence-corrected chi connectivity index (χ1v) is 11.9. The molecule has 3 heterocycles. The Hall–Kier alpha value is -2.84. The first kappa shape index (κ1) is 22.4. The molecule has 1 saturated heterocycles. The van der Waals surface area contributed by atoms with Crippen molar-refractivity contribution in [1.82, 2.24) is 19.9 Å². The van der Waals surface area contributed by atoms with Crippen molar-refractivity contribution in [2.75, 3.05) is 42.9 Å². The number of thiazole rings is 1. The van der Waals surface area contributed by atoms with Crippen LogP contribution < -0.4 is 10.2 Å². The first-order chi connectivity index (χ1) is 15.4. The maximum atomic E-state index is 12.6. The summed E-state index contributed by atoms with van der Waals surface area (Å²) < 4.78 is 0. The Kier molecular flexibility index (Phi) is 6.81. The second-order valence-electron chi connectivity index (χ2n) is 8.52. The second kappa shape index (κ2) is 9.75. The third kappa shape index (κ3) is 5.49. The summed E-state index contributed by atoms with van der Waals surface area (Å²) in [5.74, 6) is 2.18. The van der Waals surface area contributed by atoms with Crippen LogP contribution in [0.4, 0.5) is 11.5 Å². The topological polar surface area (TPSA) is 74.2 Å². The average molecular weight is 451 g/mol. The summed E-state index contributed by atoms with van der Waals surface area (Å²) in [5, 5.41) is 6.11. The van der Waals surface area contributed by atoms with Crippen molar-refractivity contribution in [3.8, 4) is 11.3 Å². The molecule has 0 spiro atoms. The minimum Gasteiger partial charge on any atom is -0.354 e. The van der Waals surface area contributed by atoms with Gasteiger partial charge in [0.15, 0.2) is 0 Å². The third-order valence-electron chi connectivity index (χ3n) is 5.50. The standard InChI is InChI=1S/C24H30N6OS/c1-16(2)24-25-17(3)12-22(28-24)30-10-8-29(9-11-30)14-23(31)27-20-7-5-6-19(13-20)21-15-32-18(4)26-21/h5-7,12-13,15-16H,8-11,14H2,1-4H3,(H,27,31). The maximum Gasteiger partial charge on any atom is 0.238 e. The molecule has 1 amide bonds. The van der Waals surface area contributed by atoms with Crippen molar-refractivity contribution in [1.29, 1.82) is 0 Å². The first-order valence-electron chi connectivity index (χ1n) is 11.0. The number of hydrogen-bond acceptors (Lipinski definition) is 7. The van der Waals surface area contributed by atoms with Crippen LogP contribution in [0.15, 0.2) is 35.7 Å². The minimum atomic E-state index is 0.00466. The quantitative estimate of drug-likeness (QED) is 0.609. The van der Waals surface area contributed by atoms with E-state index in [4.69, 9.17) is 4.98 Å². The van der Waals surface area contributed by atoms with E-state index in [0.717, 1.165) is 65.5 Å². The number of amides is 1. The lowest BCUT2D eigenvalue weighted by Crippen LogP contribution is -2.49. The van der Waals surface area contributed by atoms with Crippen molar-refractivity contribution in [2.24, 2.45) is 0 Å². The van der Waals surface area contributed by atoms with Crippen LogP contribution in [0.25, 0.3) is 11.3 Å². The fourth-order valence-corrected chi connectivity index (χ4v) is 4.41. The van der Waals surface area contributed by atoms with Crippen molar-refractivity contribution in [3.63, 3.8) is 0 Å². The van der Waals surface area contributed by atoms with Crippen LogP contribution in [-0.2, 0) is 4.79 Å². The molecule has 2 aromatic heterocycles. The Balaban J connectivity index is 1.32. The minimum absolute atomic E-state index is 0.00466. The lowest BCUT2D eigenvalue weighted by molar-refractivity contribution is -0.117. The van der Waals surface area contributed by atoms with E-state index < -0.39 is 0 Å². The lowest BCUT2D eigenvalue weighted by Gasteiger charge is -2.35. The van der Waals surface area contributed by atoms with Gasteiger partial charge in [-0.05, 0) is 26.0 Å². The van der Waals surface area contributed by atoms with Crippen LogP contribution in [0.1, 0.15) is 36.3 Å². The molecule has 1 aliphatic heterocycles. The summed E-state index contributed by atoms with van der Waals surface area (Å²) in [4.78, 5) is 30.9. The molecule has 0 saturated carbocycles. The fraction of sp³-hybridized carbons (Fsp3) is 0.417. The van der Waals surface area contributed by atoms with Crippen LogP contribution >= 0.6 is 11.3 Å². The summed E-state index contributed by atoms with van der Waals surface area (Å²) in [5.41, 5.74) is 3.76. The molecule has 0 atom stereocenters. The maximum absolute atomic E-state index is 12.6. The van der Waals surface area contributed by atoms with E-state index in [1.54, 1.807) is 11.3 Å². The molecule has 0 unspecified atom stereocenters. The van der Waals surface area contributed by atoms with Gasteiger partial charge in [-0.25, -0.2) is 15.0 Å². The molecule has 1 aliphatic rings. The number of nitrogens with one attached hydrogen (secondary N) is 1. The van der Waals surface area contributed by atoms with Gasteiger partial charge in [-0.2, -0.15) is 0 Å². The number of aryl methyl sites for hydroxylation is 2. The Bertz CT molecular complexity index is 1090. The van der Waals surface area contributed by atoms with E-state index in [1.807, 2.05) is 49.6 Å². The molecule has 8 heteroatoms. The normalized spacial score (nSPS) is 14.7. The summed E-state index contributed by atoms with van der Waals surface area (Å²) in [7, 11) is 0. The predicted octanol–water partition coefficient (Wildman–Crippen LogP) is 4.10. The fourth-order valence-electron chi connectivity index (χ4n) is 3.79. The number of aromatic nitrogens is 3. The van der Waals surface area contributed by atoms with Gasteiger partial charge in [-0.15, -0.1) is 11.3 Å². The Morgan fingerprint density at radius 2 is 1.88 bits per heavy atom. The SMILES string of the molecule is Cc1cc(N2CCN(CC(=O)Nc3cccc(-c4csc(C)n4)c3)CC2)nc(C(C)C)n1. The number of carbonyl (C=O) groups excluding carboxylic acids is 1. The molecule has 1 aromatic carbocycles. The zero-order valence-corrected chi connectivity index (χ0v) is 19.9. The van der Waals surface area contributed by atoms with Gasteiger partial charge in [-0.3, -0.25) is 9.69 Å². The van der Waals surface area contributed by atoms with E-state index in [9.17, 15) is 4.79 Å². The largest absolute Gasteiger partial charge is 0.354 e. The van der Waals surface area contributed by atoms with Gasteiger partial charge in [0.05, 0.1) is 17.2 Å². The molecule has 1 N–H and O–H groups in total. The van der Waals surface area contributed by atoms with Crippen LogP contribution in [0.2, 0.25) is 0 Å². The van der Waals surface area contributed by atoms with Gasteiger partial charge in [0.1, 0.15) is 11.6 Å². The van der Waals surface area contributed by atoms with Crippen molar-refractivity contribution < 1.29 is 4.79 Å². The van der Waals surface area contributed by atoms with Gasteiger partial charge in [0, 0.05) is 60.5 Å². The van der Waals surface area contributed by atoms with Gasteiger partial charge >= 0.3 is 0 Å². The number of rotatable bonds is 6. The van der Waals surface area contributed by atoms with Crippen molar-refractivity contribution in [2.45, 2.75) is 33.6 Å². The van der Waals surface area contributed by atoms with Crippen LogP contribution in [-0.4, -0.2) is 58.5 Å². The van der Waals surface area contributed by atoms with E-state index in [2.05, 4.69) is 38.9 Å². The average Bonchev–Trinajstić information content (AvgIpc) is 3.20. The monoisotopic (exact) mass is 450 g/mol. The summed E-state index contributed by atoms with van der Waals surface area (Å²) in [6.07, 6.45) is 0. The summed E-state index contributed by atoms with van der Waals surface area (Å²) in [6, 6.07) is 9.91. The lowest BCUT2D eigenvalue weighted by atomic mass is 10.1. The highest BCUT2D eigenvalue weighted by molar-refractivity contribution is 7.09. The number of carbonyl (C=O) groups is 1. The number of hydrogen-bond donors (Lipinski definition) is 1. The Morgan fingerprint density at radius 1 is 1.09 bits per heavy atom. The Morgan fingerprint density at radius 3 is 2.56 bits per heavy atom. The van der Waals surface area contributed by atoms with E-state index in [1.165, 1.54) is 0 Å². The number of nitrogens with zero attached hydrogens (tertiary/aromatic N) is 5. The molecule has 0 bridgehead atoms. The Labute approximate surface area is 193 Å². The highest BCUT2D eigenvalue weighted by Gasteiger charge is 2.21. The zero-order valence-electron chi connectivity index (χ0n) is 19.1. The molecule has 168 valence electrons. The molecular weight excluding hydrogens is 420 g/mol. The molecular formula is C24H30N6OS. The van der Waals surface area contributed by atoms with Crippen LogP contribution in [0.5, 0.6) is 0 Å². The number of anilines is 2. The highest BCUT2D eigenvalue weighted by Crippen LogP contribution is 2.24.